The maximum Gasteiger partial charge on any atom is 0.129 e. The van der Waals surface area contributed by atoms with Crippen molar-refractivity contribution in [3.63, 3.8) is 0 Å². The second-order valence-electron chi connectivity index (χ2n) is 5.51. The van der Waals surface area contributed by atoms with E-state index < -0.39 is 0 Å². The van der Waals surface area contributed by atoms with E-state index in [1.54, 1.807) is 12.1 Å². The second-order valence-corrected chi connectivity index (χ2v) is 5.95. The molecule has 0 radical (unpaired) electrons. The molecular formula is C16H25ClFN. The Morgan fingerprint density at radius 2 is 1.89 bits per heavy atom. The van der Waals surface area contributed by atoms with Gasteiger partial charge in [-0.3, -0.25) is 0 Å². The summed E-state index contributed by atoms with van der Waals surface area (Å²) in [5, 5.41) is 3.73. The average Bonchev–Trinajstić information content (AvgIpc) is 2.34. The van der Waals surface area contributed by atoms with Gasteiger partial charge in [-0.25, -0.2) is 4.39 Å². The number of unbranched alkanes of at least 4 members (excludes halogenated alkanes) is 3. The Bertz CT molecular complexity index is 366. The fourth-order valence-corrected chi connectivity index (χ4v) is 2.20. The molecule has 108 valence electrons. The molecule has 0 aliphatic carbocycles. The normalized spacial score (nSPS) is 11.2. The Labute approximate surface area is 121 Å². The van der Waals surface area contributed by atoms with Gasteiger partial charge in [0.05, 0.1) is 0 Å². The Kier molecular flexibility index (Phi) is 8.08. The van der Waals surface area contributed by atoms with Crippen LogP contribution < -0.4 is 5.32 Å². The van der Waals surface area contributed by atoms with Crippen molar-refractivity contribution < 1.29 is 4.39 Å². The van der Waals surface area contributed by atoms with Gasteiger partial charge in [0.15, 0.2) is 0 Å². The van der Waals surface area contributed by atoms with Crippen molar-refractivity contribution >= 4 is 11.6 Å². The van der Waals surface area contributed by atoms with Crippen LogP contribution in [0.5, 0.6) is 0 Å². The van der Waals surface area contributed by atoms with Crippen LogP contribution in [0.25, 0.3) is 0 Å². The zero-order valence-electron chi connectivity index (χ0n) is 12.0. The predicted octanol–water partition coefficient (Wildman–Crippen LogP) is 5.18. The van der Waals surface area contributed by atoms with E-state index in [2.05, 4.69) is 19.2 Å². The van der Waals surface area contributed by atoms with Crippen LogP contribution in [0.15, 0.2) is 18.2 Å². The maximum absolute atomic E-state index is 13.5. The fourth-order valence-electron chi connectivity index (χ4n) is 2.04. The van der Waals surface area contributed by atoms with Gasteiger partial charge in [-0.05, 0) is 31.0 Å². The van der Waals surface area contributed by atoms with Gasteiger partial charge in [0.25, 0.3) is 0 Å². The minimum absolute atomic E-state index is 0.225. The molecule has 0 saturated carbocycles. The van der Waals surface area contributed by atoms with E-state index in [-0.39, 0.29) is 5.82 Å². The summed E-state index contributed by atoms with van der Waals surface area (Å²) in [6, 6.07) is 4.84. The van der Waals surface area contributed by atoms with Gasteiger partial charge in [-0.2, -0.15) is 0 Å². The topological polar surface area (TPSA) is 12.0 Å². The van der Waals surface area contributed by atoms with Crippen LogP contribution in [0.2, 0.25) is 5.02 Å². The van der Waals surface area contributed by atoms with Crippen molar-refractivity contribution in [2.75, 3.05) is 6.54 Å². The smallest absolute Gasteiger partial charge is 0.129 e. The highest BCUT2D eigenvalue weighted by Gasteiger charge is 2.02. The van der Waals surface area contributed by atoms with Gasteiger partial charge >= 0.3 is 0 Å². The first-order valence-corrected chi connectivity index (χ1v) is 7.62. The van der Waals surface area contributed by atoms with Crippen LogP contribution >= 0.6 is 11.6 Å². The highest BCUT2D eigenvalue weighted by Crippen LogP contribution is 2.14. The van der Waals surface area contributed by atoms with Crippen molar-refractivity contribution in [1.82, 2.24) is 5.32 Å². The minimum Gasteiger partial charge on any atom is -0.313 e. The van der Waals surface area contributed by atoms with E-state index in [9.17, 15) is 4.39 Å². The minimum atomic E-state index is -0.225. The number of hydrogen-bond donors (Lipinski definition) is 1. The summed E-state index contributed by atoms with van der Waals surface area (Å²) in [5.74, 6) is 0.586. The number of nitrogens with one attached hydrogen (secondary N) is 1. The third kappa shape index (κ3) is 7.54. The lowest BCUT2D eigenvalue weighted by atomic mass is 10.0. The molecule has 0 aromatic heterocycles. The van der Waals surface area contributed by atoms with Gasteiger partial charge in [-0.15, -0.1) is 0 Å². The Hall–Kier alpha value is -0.600. The first kappa shape index (κ1) is 16.5. The van der Waals surface area contributed by atoms with Gasteiger partial charge in [-0.1, -0.05) is 57.2 Å². The van der Waals surface area contributed by atoms with E-state index in [1.807, 2.05) is 0 Å². The zero-order chi connectivity index (χ0) is 14.1. The number of hydrogen-bond acceptors (Lipinski definition) is 1. The van der Waals surface area contributed by atoms with E-state index in [0.29, 0.717) is 17.1 Å². The van der Waals surface area contributed by atoms with Gasteiger partial charge in [0.2, 0.25) is 0 Å². The van der Waals surface area contributed by atoms with E-state index in [1.165, 1.54) is 31.7 Å². The average molecular weight is 286 g/mol. The van der Waals surface area contributed by atoms with E-state index >= 15 is 0 Å². The highest BCUT2D eigenvalue weighted by molar-refractivity contribution is 6.30. The number of halogens is 2. The first-order valence-electron chi connectivity index (χ1n) is 7.24. The summed E-state index contributed by atoms with van der Waals surface area (Å²) < 4.78 is 13.5. The summed E-state index contributed by atoms with van der Waals surface area (Å²) in [6.45, 7) is 6.06. The third-order valence-corrected chi connectivity index (χ3v) is 3.45. The second kappa shape index (κ2) is 9.33. The molecule has 0 atom stereocenters. The number of benzene rings is 1. The molecule has 0 aliphatic rings. The van der Waals surface area contributed by atoms with Gasteiger partial charge in [0, 0.05) is 17.1 Å². The van der Waals surface area contributed by atoms with E-state index in [0.717, 1.165) is 18.9 Å². The molecule has 1 rings (SSSR count). The molecule has 1 aromatic rings. The molecule has 19 heavy (non-hydrogen) atoms. The number of rotatable bonds is 9. The van der Waals surface area contributed by atoms with Crippen LogP contribution in [-0.2, 0) is 6.54 Å². The molecule has 1 aromatic carbocycles. The lowest BCUT2D eigenvalue weighted by Crippen LogP contribution is -2.15. The summed E-state index contributed by atoms with van der Waals surface area (Å²) >= 11 is 5.71. The first-order chi connectivity index (χ1) is 9.09. The van der Waals surface area contributed by atoms with Gasteiger partial charge in [0.1, 0.15) is 5.82 Å². The van der Waals surface area contributed by atoms with Crippen LogP contribution in [0, 0.1) is 11.7 Å². The summed E-state index contributed by atoms with van der Waals surface area (Å²) in [5.41, 5.74) is 0.684. The molecule has 0 aliphatic heterocycles. The quantitative estimate of drug-likeness (QED) is 0.617. The fraction of sp³-hybridized carbons (Fsp3) is 0.625. The van der Waals surface area contributed by atoms with Crippen molar-refractivity contribution in [2.45, 2.75) is 52.5 Å². The molecule has 3 heteroatoms. The van der Waals surface area contributed by atoms with Crippen LogP contribution in [0.4, 0.5) is 4.39 Å². The van der Waals surface area contributed by atoms with Crippen LogP contribution in [0.1, 0.15) is 51.5 Å². The standard InChI is InChI=1S/C16H25ClFN/c1-13(2)7-5-3-4-6-10-19-12-14-8-9-15(17)11-16(14)18/h8-9,11,13,19H,3-7,10,12H2,1-2H3. The molecule has 0 bridgehead atoms. The maximum atomic E-state index is 13.5. The van der Waals surface area contributed by atoms with Gasteiger partial charge < -0.3 is 5.32 Å². The third-order valence-electron chi connectivity index (χ3n) is 3.22. The summed E-state index contributed by atoms with van der Waals surface area (Å²) in [4.78, 5) is 0. The Balaban J connectivity index is 2.04. The molecule has 0 unspecified atom stereocenters. The summed E-state index contributed by atoms with van der Waals surface area (Å²) in [7, 11) is 0. The molecule has 0 saturated heterocycles. The molecule has 1 N–H and O–H groups in total. The molecule has 0 fully saturated rings. The molecule has 1 nitrogen and oxygen atoms in total. The molecule has 0 heterocycles. The largest absolute Gasteiger partial charge is 0.313 e. The van der Waals surface area contributed by atoms with Crippen molar-refractivity contribution in [3.8, 4) is 0 Å². The van der Waals surface area contributed by atoms with Crippen molar-refractivity contribution in [2.24, 2.45) is 5.92 Å². The monoisotopic (exact) mass is 285 g/mol. The molecule has 0 spiro atoms. The SMILES string of the molecule is CC(C)CCCCCCNCc1ccc(Cl)cc1F. The molecule has 0 amide bonds. The Morgan fingerprint density at radius 3 is 2.58 bits per heavy atom. The Morgan fingerprint density at radius 1 is 1.16 bits per heavy atom. The van der Waals surface area contributed by atoms with Crippen molar-refractivity contribution in [3.05, 3.63) is 34.6 Å². The zero-order valence-corrected chi connectivity index (χ0v) is 12.8. The van der Waals surface area contributed by atoms with Crippen LogP contribution in [-0.4, -0.2) is 6.54 Å². The van der Waals surface area contributed by atoms with Crippen LogP contribution in [0.3, 0.4) is 0 Å². The lowest BCUT2D eigenvalue weighted by molar-refractivity contribution is 0.510. The van der Waals surface area contributed by atoms with E-state index in [4.69, 9.17) is 11.6 Å². The van der Waals surface area contributed by atoms with Crippen molar-refractivity contribution in [1.29, 1.82) is 0 Å². The lowest BCUT2D eigenvalue weighted by Gasteiger charge is -2.07. The highest BCUT2D eigenvalue weighted by atomic mass is 35.5. The summed E-state index contributed by atoms with van der Waals surface area (Å²) in [6.07, 6.45) is 6.36. The molecular weight excluding hydrogens is 261 g/mol. The predicted molar refractivity (Wildman–Crippen MR) is 81.0 cm³/mol.